The zero-order valence-electron chi connectivity index (χ0n) is 8.99. The number of rotatable bonds is 6. The van der Waals surface area contributed by atoms with Gasteiger partial charge in [0.15, 0.2) is 0 Å². The third kappa shape index (κ3) is 3.51. The van der Waals surface area contributed by atoms with Gasteiger partial charge in [-0.2, -0.15) is 0 Å². The lowest BCUT2D eigenvalue weighted by molar-refractivity contribution is 0.0516. The van der Waals surface area contributed by atoms with Crippen LogP contribution in [0.25, 0.3) is 0 Å². The number of unbranched alkanes of at least 4 members (excludes halogenated alkanes) is 1. The molecule has 0 bridgehead atoms. The summed E-state index contributed by atoms with van der Waals surface area (Å²) < 4.78 is 10.3. The van der Waals surface area contributed by atoms with E-state index in [2.05, 4.69) is 11.9 Å². The molecule has 0 atom stereocenters. The summed E-state index contributed by atoms with van der Waals surface area (Å²) in [5.74, 6) is -0.412. The number of ether oxygens (including phenoxy) is 2. The summed E-state index contributed by atoms with van der Waals surface area (Å²) in [4.78, 5) is 15.3. The van der Waals surface area contributed by atoms with Crippen LogP contribution >= 0.6 is 11.3 Å². The van der Waals surface area contributed by atoms with Crippen molar-refractivity contribution < 1.29 is 14.3 Å². The molecule has 0 aliphatic heterocycles. The van der Waals surface area contributed by atoms with E-state index in [9.17, 15) is 4.79 Å². The fourth-order valence-corrected chi connectivity index (χ4v) is 1.64. The summed E-state index contributed by atoms with van der Waals surface area (Å²) >= 11 is 1.32. The summed E-state index contributed by atoms with van der Waals surface area (Å²) in [5, 5.41) is 0.557. The first kappa shape index (κ1) is 12.0. The van der Waals surface area contributed by atoms with Crippen LogP contribution in [-0.4, -0.2) is 24.2 Å². The van der Waals surface area contributed by atoms with Gasteiger partial charge in [0.2, 0.25) is 10.8 Å². The maximum atomic E-state index is 11.4. The van der Waals surface area contributed by atoms with Crippen molar-refractivity contribution in [3.05, 3.63) is 11.2 Å². The molecule has 0 aliphatic rings. The van der Waals surface area contributed by atoms with E-state index in [-0.39, 0.29) is 5.69 Å². The highest BCUT2D eigenvalue weighted by molar-refractivity contribution is 7.11. The summed E-state index contributed by atoms with van der Waals surface area (Å²) in [6.45, 7) is 4.82. The molecule has 0 N–H and O–H groups in total. The van der Waals surface area contributed by atoms with Gasteiger partial charge in [-0.25, -0.2) is 9.78 Å². The van der Waals surface area contributed by atoms with Crippen molar-refractivity contribution in [3.63, 3.8) is 0 Å². The predicted octanol–water partition coefficient (Wildman–Crippen LogP) is 2.50. The zero-order chi connectivity index (χ0) is 11.1. The monoisotopic (exact) mass is 229 g/mol. The Morgan fingerprint density at radius 2 is 2.33 bits per heavy atom. The van der Waals surface area contributed by atoms with E-state index in [1.165, 1.54) is 11.3 Å². The highest BCUT2D eigenvalue weighted by atomic mass is 32.1. The number of hydrogen-bond donors (Lipinski definition) is 0. The van der Waals surface area contributed by atoms with E-state index in [1.54, 1.807) is 12.4 Å². The second-order valence-corrected chi connectivity index (χ2v) is 3.73. The average Bonchev–Trinajstić information content (AvgIpc) is 2.67. The molecule has 0 saturated carbocycles. The predicted molar refractivity (Wildman–Crippen MR) is 58.5 cm³/mol. The number of nitrogens with zero attached hydrogens (tertiary/aromatic N) is 1. The van der Waals surface area contributed by atoms with Gasteiger partial charge in [-0.15, -0.1) is 0 Å². The van der Waals surface area contributed by atoms with Crippen LogP contribution in [0, 0.1) is 0 Å². The van der Waals surface area contributed by atoms with Crippen molar-refractivity contribution in [2.24, 2.45) is 0 Å². The Morgan fingerprint density at radius 1 is 1.53 bits per heavy atom. The van der Waals surface area contributed by atoms with Crippen molar-refractivity contribution in [2.75, 3.05) is 13.2 Å². The molecule has 5 heteroatoms. The fourth-order valence-electron chi connectivity index (χ4n) is 0.983. The summed E-state index contributed by atoms with van der Waals surface area (Å²) in [5.41, 5.74) is 1.88. The van der Waals surface area contributed by atoms with Gasteiger partial charge in [0.1, 0.15) is 0 Å². The molecule has 15 heavy (non-hydrogen) atoms. The van der Waals surface area contributed by atoms with Crippen molar-refractivity contribution in [3.8, 4) is 5.06 Å². The van der Waals surface area contributed by atoms with E-state index < -0.39 is 5.97 Å². The molecular weight excluding hydrogens is 214 g/mol. The van der Waals surface area contributed by atoms with Crippen molar-refractivity contribution in [2.45, 2.75) is 26.7 Å². The lowest BCUT2D eigenvalue weighted by atomic mass is 10.4. The Balaban J connectivity index is 2.56. The van der Waals surface area contributed by atoms with Gasteiger partial charge < -0.3 is 9.47 Å². The minimum Gasteiger partial charge on any atom is -0.482 e. The fraction of sp³-hybridized carbons (Fsp3) is 0.600. The van der Waals surface area contributed by atoms with E-state index in [4.69, 9.17) is 9.47 Å². The van der Waals surface area contributed by atoms with Crippen LogP contribution in [0.2, 0.25) is 0 Å². The van der Waals surface area contributed by atoms with Crippen molar-refractivity contribution in [1.29, 1.82) is 0 Å². The van der Waals surface area contributed by atoms with Gasteiger partial charge >= 0.3 is 5.97 Å². The molecule has 84 valence electrons. The molecule has 0 unspecified atom stereocenters. The molecule has 0 radical (unpaired) electrons. The molecule has 0 aliphatic carbocycles. The van der Waals surface area contributed by atoms with Crippen LogP contribution in [0.3, 0.4) is 0 Å². The molecule has 0 aromatic carbocycles. The molecule has 1 heterocycles. The topological polar surface area (TPSA) is 48.4 Å². The average molecular weight is 229 g/mol. The molecule has 0 fully saturated rings. The van der Waals surface area contributed by atoms with E-state index in [0.717, 1.165) is 12.8 Å². The third-order valence-electron chi connectivity index (χ3n) is 1.73. The number of carbonyl (C=O) groups is 1. The summed E-state index contributed by atoms with van der Waals surface area (Å²) in [6, 6.07) is 0. The van der Waals surface area contributed by atoms with Crippen LogP contribution in [0.15, 0.2) is 5.51 Å². The number of esters is 1. The lowest BCUT2D eigenvalue weighted by Gasteiger charge is -2.04. The Kier molecular flexibility index (Phi) is 5.10. The van der Waals surface area contributed by atoms with Crippen LogP contribution in [0.5, 0.6) is 5.06 Å². The first-order chi connectivity index (χ1) is 7.29. The highest BCUT2D eigenvalue weighted by Crippen LogP contribution is 2.24. The van der Waals surface area contributed by atoms with Gasteiger partial charge in [0.05, 0.1) is 18.7 Å². The first-order valence-electron chi connectivity index (χ1n) is 5.03. The second kappa shape index (κ2) is 6.40. The smallest absolute Gasteiger partial charge is 0.361 e. The Bertz CT molecular complexity index is 311. The number of aromatic nitrogens is 1. The molecule has 1 rings (SSSR count). The first-order valence-corrected chi connectivity index (χ1v) is 5.91. The van der Waals surface area contributed by atoms with Crippen LogP contribution in [0.4, 0.5) is 0 Å². The SMILES string of the molecule is CCCCOc1scnc1C(=O)OCC. The van der Waals surface area contributed by atoms with E-state index in [0.29, 0.717) is 18.3 Å². The van der Waals surface area contributed by atoms with Crippen molar-refractivity contribution in [1.82, 2.24) is 4.98 Å². The Morgan fingerprint density at radius 3 is 3.00 bits per heavy atom. The van der Waals surface area contributed by atoms with Crippen LogP contribution < -0.4 is 4.74 Å². The van der Waals surface area contributed by atoms with Gasteiger partial charge in [-0.05, 0) is 13.3 Å². The number of thiazole rings is 1. The highest BCUT2D eigenvalue weighted by Gasteiger charge is 2.16. The normalized spacial score (nSPS) is 10.0. The molecule has 0 spiro atoms. The summed E-state index contributed by atoms with van der Waals surface area (Å²) in [6.07, 6.45) is 2.04. The van der Waals surface area contributed by atoms with E-state index in [1.807, 2.05) is 0 Å². The van der Waals surface area contributed by atoms with E-state index >= 15 is 0 Å². The van der Waals surface area contributed by atoms with Gasteiger partial charge in [-0.3, -0.25) is 0 Å². The minimum absolute atomic E-state index is 0.290. The molecule has 1 aromatic rings. The second-order valence-electron chi connectivity index (χ2n) is 2.91. The van der Waals surface area contributed by atoms with Crippen LogP contribution in [0.1, 0.15) is 37.2 Å². The van der Waals surface area contributed by atoms with Gasteiger partial charge in [0.25, 0.3) is 0 Å². The van der Waals surface area contributed by atoms with Gasteiger partial charge in [-0.1, -0.05) is 24.7 Å². The standard InChI is InChI=1S/C10H15NO3S/c1-3-5-6-14-10-8(11-7-15-10)9(12)13-4-2/h7H,3-6H2,1-2H3. The molecule has 0 saturated heterocycles. The molecule has 4 nitrogen and oxygen atoms in total. The maximum Gasteiger partial charge on any atom is 0.361 e. The maximum absolute atomic E-state index is 11.4. The minimum atomic E-state index is -0.412. The van der Waals surface area contributed by atoms with Crippen molar-refractivity contribution >= 4 is 17.3 Å². The zero-order valence-corrected chi connectivity index (χ0v) is 9.80. The summed E-state index contributed by atoms with van der Waals surface area (Å²) in [7, 11) is 0. The molecule has 1 aromatic heterocycles. The van der Waals surface area contributed by atoms with Gasteiger partial charge in [0, 0.05) is 0 Å². The largest absolute Gasteiger partial charge is 0.482 e. The third-order valence-corrected chi connectivity index (χ3v) is 2.47. The molecular formula is C10H15NO3S. The molecule has 0 amide bonds. The lowest BCUT2D eigenvalue weighted by Crippen LogP contribution is -2.07. The quantitative estimate of drug-likeness (QED) is 0.555. The Hall–Kier alpha value is -1.10. The van der Waals surface area contributed by atoms with Crippen LogP contribution in [-0.2, 0) is 4.74 Å². The number of carbonyl (C=O) groups excluding carboxylic acids is 1. The number of hydrogen-bond acceptors (Lipinski definition) is 5. The Labute approximate surface area is 93.2 Å².